The van der Waals surface area contributed by atoms with Crippen molar-refractivity contribution in [2.75, 3.05) is 7.11 Å². The minimum absolute atomic E-state index is 0.275. The molecule has 0 aliphatic carbocycles. The van der Waals surface area contributed by atoms with Crippen LogP contribution in [0.3, 0.4) is 0 Å². The molecule has 0 fully saturated rings. The van der Waals surface area contributed by atoms with Crippen LogP contribution in [0.4, 0.5) is 0 Å². The minimum Gasteiger partial charge on any atom is -0.496 e. The molecule has 0 spiro atoms. The topological polar surface area (TPSA) is 50.7 Å². The molecule has 4 nitrogen and oxygen atoms in total. The second-order valence-corrected chi connectivity index (χ2v) is 4.48. The van der Waals surface area contributed by atoms with Crippen molar-refractivity contribution in [3.8, 4) is 5.75 Å². The van der Waals surface area contributed by atoms with Crippen molar-refractivity contribution in [2.24, 2.45) is 5.10 Å². The van der Waals surface area contributed by atoms with Crippen molar-refractivity contribution in [1.82, 2.24) is 5.43 Å². The van der Waals surface area contributed by atoms with Gasteiger partial charge in [-0.1, -0.05) is 42.5 Å². The van der Waals surface area contributed by atoms with Crippen molar-refractivity contribution in [2.45, 2.75) is 12.8 Å². The summed E-state index contributed by atoms with van der Waals surface area (Å²) in [4.78, 5) is 12.0. The summed E-state index contributed by atoms with van der Waals surface area (Å²) in [6, 6.07) is 17.2. The Morgan fingerprint density at radius 1 is 1.14 bits per heavy atom. The van der Waals surface area contributed by atoms with Crippen molar-refractivity contribution >= 4 is 12.1 Å². The molecule has 4 heteroatoms. The molecule has 0 saturated heterocycles. The van der Waals surface area contributed by atoms with E-state index in [1.54, 1.807) is 24.4 Å². The molecule has 1 N–H and O–H groups in total. The third-order valence-electron chi connectivity index (χ3n) is 3.01. The van der Waals surface area contributed by atoms with Crippen LogP contribution in [0, 0.1) is 0 Å². The highest BCUT2D eigenvalue weighted by Gasteiger charge is 2.09. The molecular formula is C17H18N2O2. The molecule has 1 amide bonds. The van der Waals surface area contributed by atoms with Crippen LogP contribution in [0.15, 0.2) is 59.7 Å². The standard InChI is InChI=1S/C17H18N2O2/c1-21-16-12-6-5-11-15(16)17(20)19-18-13-7-10-14-8-3-2-4-9-14/h2-6,8-9,11-13H,7,10H2,1H3,(H,19,20). The van der Waals surface area contributed by atoms with Crippen LogP contribution >= 0.6 is 0 Å². The van der Waals surface area contributed by atoms with Crippen molar-refractivity contribution in [3.63, 3.8) is 0 Å². The highest BCUT2D eigenvalue weighted by atomic mass is 16.5. The zero-order valence-corrected chi connectivity index (χ0v) is 12.0. The van der Waals surface area contributed by atoms with Gasteiger partial charge < -0.3 is 4.74 Å². The van der Waals surface area contributed by atoms with Gasteiger partial charge >= 0.3 is 0 Å². The zero-order valence-electron chi connectivity index (χ0n) is 12.0. The Hall–Kier alpha value is -2.62. The fraction of sp³-hybridized carbons (Fsp3) is 0.176. The molecule has 108 valence electrons. The van der Waals surface area contributed by atoms with Gasteiger partial charge in [-0.05, 0) is 30.5 Å². The number of nitrogens with one attached hydrogen (secondary N) is 1. The summed E-state index contributed by atoms with van der Waals surface area (Å²) < 4.78 is 5.14. The summed E-state index contributed by atoms with van der Waals surface area (Å²) >= 11 is 0. The number of ether oxygens (including phenoxy) is 1. The molecule has 0 aliphatic rings. The van der Waals surface area contributed by atoms with Crippen LogP contribution < -0.4 is 10.2 Å². The number of amides is 1. The summed E-state index contributed by atoms with van der Waals surface area (Å²) in [6.07, 6.45) is 3.38. The molecule has 21 heavy (non-hydrogen) atoms. The van der Waals surface area contributed by atoms with E-state index in [4.69, 9.17) is 4.74 Å². The number of carbonyl (C=O) groups excluding carboxylic acids is 1. The highest BCUT2D eigenvalue weighted by Crippen LogP contribution is 2.16. The number of hydrazone groups is 1. The second kappa shape index (κ2) is 7.85. The Morgan fingerprint density at radius 3 is 2.62 bits per heavy atom. The minimum atomic E-state index is -0.275. The predicted octanol–water partition coefficient (Wildman–Crippen LogP) is 3.04. The van der Waals surface area contributed by atoms with Gasteiger partial charge in [-0.3, -0.25) is 4.79 Å². The largest absolute Gasteiger partial charge is 0.496 e. The van der Waals surface area contributed by atoms with Gasteiger partial charge in [0.15, 0.2) is 0 Å². The fourth-order valence-corrected chi connectivity index (χ4v) is 1.94. The maximum Gasteiger partial charge on any atom is 0.275 e. The number of para-hydroxylation sites is 1. The van der Waals surface area contributed by atoms with Gasteiger partial charge in [0.05, 0.1) is 12.7 Å². The molecule has 0 saturated carbocycles. The first kappa shape index (κ1) is 14.8. The third kappa shape index (κ3) is 4.45. The molecule has 0 bridgehead atoms. The summed E-state index contributed by atoms with van der Waals surface area (Å²) in [7, 11) is 1.54. The molecule has 2 aromatic carbocycles. The number of methoxy groups -OCH3 is 1. The molecule has 0 atom stereocenters. The van der Waals surface area contributed by atoms with E-state index in [0.717, 1.165) is 12.8 Å². The Morgan fingerprint density at radius 2 is 1.86 bits per heavy atom. The first-order chi connectivity index (χ1) is 10.3. The molecule has 0 radical (unpaired) electrons. The molecular weight excluding hydrogens is 264 g/mol. The first-order valence-electron chi connectivity index (χ1n) is 6.80. The lowest BCUT2D eigenvalue weighted by molar-refractivity contribution is 0.0952. The molecule has 0 aromatic heterocycles. The Labute approximate surface area is 124 Å². The van der Waals surface area contributed by atoms with Crippen molar-refractivity contribution in [3.05, 3.63) is 65.7 Å². The van der Waals surface area contributed by atoms with E-state index in [1.165, 1.54) is 12.7 Å². The molecule has 2 aromatic rings. The van der Waals surface area contributed by atoms with Crippen LogP contribution in [0.2, 0.25) is 0 Å². The van der Waals surface area contributed by atoms with Gasteiger partial charge in [0, 0.05) is 6.21 Å². The van der Waals surface area contributed by atoms with Crippen LogP contribution in [0.25, 0.3) is 0 Å². The monoisotopic (exact) mass is 282 g/mol. The van der Waals surface area contributed by atoms with E-state index in [1.807, 2.05) is 24.3 Å². The molecule has 0 aliphatic heterocycles. The summed E-state index contributed by atoms with van der Waals surface area (Å²) in [5.41, 5.74) is 4.23. The van der Waals surface area contributed by atoms with Crippen LogP contribution in [0.1, 0.15) is 22.3 Å². The lowest BCUT2D eigenvalue weighted by Crippen LogP contribution is -2.18. The quantitative estimate of drug-likeness (QED) is 0.654. The van der Waals surface area contributed by atoms with Crippen LogP contribution in [-0.4, -0.2) is 19.2 Å². The van der Waals surface area contributed by atoms with E-state index in [2.05, 4.69) is 22.7 Å². The SMILES string of the molecule is COc1ccccc1C(=O)NN=CCCc1ccccc1. The smallest absolute Gasteiger partial charge is 0.275 e. The lowest BCUT2D eigenvalue weighted by Gasteiger charge is -2.05. The average molecular weight is 282 g/mol. The third-order valence-corrected chi connectivity index (χ3v) is 3.01. The van der Waals surface area contributed by atoms with Gasteiger partial charge in [-0.2, -0.15) is 5.10 Å². The molecule has 0 heterocycles. The maximum atomic E-state index is 12.0. The van der Waals surface area contributed by atoms with Crippen LogP contribution in [0.5, 0.6) is 5.75 Å². The summed E-state index contributed by atoms with van der Waals surface area (Å²) in [5, 5.41) is 3.96. The number of hydrogen-bond acceptors (Lipinski definition) is 3. The number of hydrogen-bond donors (Lipinski definition) is 1. The Bertz CT molecular complexity index is 609. The second-order valence-electron chi connectivity index (χ2n) is 4.48. The number of rotatable bonds is 6. The van der Waals surface area contributed by atoms with E-state index in [9.17, 15) is 4.79 Å². The van der Waals surface area contributed by atoms with Gasteiger partial charge in [-0.25, -0.2) is 5.43 Å². The number of carbonyl (C=O) groups is 1. The number of aryl methyl sites for hydroxylation is 1. The Balaban J connectivity index is 1.82. The van der Waals surface area contributed by atoms with Gasteiger partial charge in [0.2, 0.25) is 0 Å². The van der Waals surface area contributed by atoms with E-state index in [0.29, 0.717) is 11.3 Å². The summed E-state index contributed by atoms with van der Waals surface area (Å²) in [5.74, 6) is 0.262. The fourth-order valence-electron chi connectivity index (χ4n) is 1.94. The van der Waals surface area contributed by atoms with E-state index in [-0.39, 0.29) is 5.91 Å². The van der Waals surface area contributed by atoms with Gasteiger partial charge in [0.1, 0.15) is 5.75 Å². The zero-order chi connectivity index (χ0) is 14.9. The normalized spacial score (nSPS) is 10.5. The van der Waals surface area contributed by atoms with E-state index < -0.39 is 0 Å². The molecule has 0 unspecified atom stereocenters. The first-order valence-corrected chi connectivity index (χ1v) is 6.80. The predicted molar refractivity (Wildman–Crippen MR) is 83.7 cm³/mol. The lowest BCUT2D eigenvalue weighted by atomic mass is 10.1. The Kier molecular flexibility index (Phi) is 5.52. The maximum absolute atomic E-state index is 12.0. The highest BCUT2D eigenvalue weighted by molar-refractivity contribution is 5.97. The molecule has 2 rings (SSSR count). The van der Waals surface area contributed by atoms with Crippen LogP contribution in [-0.2, 0) is 6.42 Å². The van der Waals surface area contributed by atoms with Crippen molar-refractivity contribution in [1.29, 1.82) is 0 Å². The average Bonchev–Trinajstić information content (AvgIpc) is 2.55. The van der Waals surface area contributed by atoms with Crippen molar-refractivity contribution < 1.29 is 9.53 Å². The van der Waals surface area contributed by atoms with Gasteiger partial charge in [-0.15, -0.1) is 0 Å². The number of benzene rings is 2. The number of nitrogens with zero attached hydrogens (tertiary/aromatic N) is 1. The van der Waals surface area contributed by atoms with Gasteiger partial charge in [0.25, 0.3) is 5.91 Å². The summed E-state index contributed by atoms with van der Waals surface area (Å²) in [6.45, 7) is 0. The van der Waals surface area contributed by atoms with E-state index >= 15 is 0 Å².